The van der Waals surface area contributed by atoms with Crippen molar-refractivity contribution >= 4 is 5.95 Å². The van der Waals surface area contributed by atoms with E-state index in [1.807, 2.05) is 6.92 Å². The summed E-state index contributed by atoms with van der Waals surface area (Å²) in [5.74, 6) is 0.0760. The minimum absolute atomic E-state index is 0.0760. The first-order valence-corrected chi connectivity index (χ1v) is 5.34. The molecule has 1 rings (SSSR count). The van der Waals surface area contributed by atoms with Gasteiger partial charge in [0.25, 0.3) is 0 Å². The SMILES string of the molecule is CCCN(CCN)c1nccc(C(F)(F)F)n1. The summed E-state index contributed by atoms with van der Waals surface area (Å²) >= 11 is 0. The van der Waals surface area contributed by atoms with E-state index in [1.54, 1.807) is 4.90 Å². The molecule has 0 radical (unpaired) electrons. The van der Waals surface area contributed by atoms with E-state index < -0.39 is 11.9 Å². The van der Waals surface area contributed by atoms with Crippen molar-refractivity contribution in [1.82, 2.24) is 9.97 Å². The zero-order valence-corrected chi connectivity index (χ0v) is 9.54. The Balaban J connectivity index is 2.95. The Hall–Kier alpha value is -1.37. The summed E-state index contributed by atoms with van der Waals surface area (Å²) in [6.07, 6.45) is -2.54. The minimum Gasteiger partial charge on any atom is -0.340 e. The van der Waals surface area contributed by atoms with Crippen molar-refractivity contribution in [2.75, 3.05) is 24.5 Å². The van der Waals surface area contributed by atoms with Crippen molar-refractivity contribution in [1.29, 1.82) is 0 Å². The van der Waals surface area contributed by atoms with E-state index in [1.165, 1.54) is 0 Å². The molecule has 4 nitrogen and oxygen atoms in total. The quantitative estimate of drug-likeness (QED) is 0.861. The molecule has 96 valence electrons. The van der Waals surface area contributed by atoms with Crippen LogP contribution in [0, 0.1) is 0 Å². The predicted octanol–water partition coefficient (Wildman–Crippen LogP) is 1.67. The third kappa shape index (κ3) is 3.85. The highest BCUT2D eigenvalue weighted by Crippen LogP contribution is 2.28. The molecule has 0 aliphatic heterocycles. The van der Waals surface area contributed by atoms with Crippen molar-refractivity contribution in [3.05, 3.63) is 18.0 Å². The molecule has 2 N–H and O–H groups in total. The highest BCUT2D eigenvalue weighted by atomic mass is 19.4. The van der Waals surface area contributed by atoms with Gasteiger partial charge in [0.15, 0.2) is 0 Å². The van der Waals surface area contributed by atoms with Gasteiger partial charge in [-0.25, -0.2) is 9.97 Å². The molecular weight excluding hydrogens is 233 g/mol. The predicted molar refractivity (Wildman–Crippen MR) is 58.6 cm³/mol. The number of nitrogens with two attached hydrogens (primary N) is 1. The standard InChI is InChI=1S/C10H15F3N4/c1-2-6-17(7-4-14)9-15-5-3-8(16-9)10(11,12)13/h3,5H,2,4,6-7,14H2,1H3. The average molecular weight is 248 g/mol. The molecule has 0 saturated heterocycles. The van der Waals surface area contributed by atoms with Gasteiger partial charge in [0, 0.05) is 25.8 Å². The number of rotatable bonds is 5. The molecule has 0 aliphatic rings. The van der Waals surface area contributed by atoms with Gasteiger partial charge in [0.05, 0.1) is 0 Å². The maximum Gasteiger partial charge on any atom is 0.433 e. The first-order chi connectivity index (χ1) is 7.99. The van der Waals surface area contributed by atoms with Crippen LogP contribution in [0.25, 0.3) is 0 Å². The van der Waals surface area contributed by atoms with E-state index in [0.717, 1.165) is 18.7 Å². The third-order valence-electron chi connectivity index (χ3n) is 2.11. The number of nitrogens with zero attached hydrogens (tertiary/aromatic N) is 3. The summed E-state index contributed by atoms with van der Waals surface area (Å²) in [5, 5.41) is 0. The van der Waals surface area contributed by atoms with E-state index in [4.69, 9.17) is 5.73 Å². The van der Waals surface area contributed by atoms with E-state index in [0.29, 0.717) is 19.6 Å². The topological polar surface area (TPSA) is 55.0 Å². The molecule has 0 spiro atoms. The maximum absolute atomic E-state index is 12.5. The van der Waals surface area contributed by atoms with Gasteiger partial charge < -0.3 is 10.6 Å². The lowest BCUT2D eigenvalue weighted by molar-refractivity contribution is -0.141. The number of aromatic nitrogens is 2. The van der Waals surface area contributed by atoms with Gasteiger partial charge in [-0.1, -0.05) is 6.92 Å². The van der Waals surface area contributed by atoms with E-state index in [-0.39, 0.29) is 5.95 Å². The smallest absolute Gasteiger partial charge is 0.340 e. The molecule has 0 unspecified atom stereocenters. The second-order valence-corrected chi connectivity index (χ2v) is 3.52. The lowest BCUT2D eigenvalue weighted by Crippen LogP contribution is -2.32. The average Bonchev–Trinajstić information content (AvgIpc) is 2.28. The van der Waals surface area contributed by atoms with Crippen LogP contribution in [0.5, 0.6) is 0 Å². The lowest BCUT2D eigenvalue weighted by Gasteiger charge is -2.21. The van der Waals surface area contributed by atoms with Gasteiger partial charge in [0.2, 0.25) is 5.95 Å². The molecule has 0 atom stereocenters. The maximum atomic E-state index is 12.5. The van der Waals surface area contributed by atoms with E-state index in [9.17, 15) is 13.2 Å². The van der Waals surface area contributed by atoms with Crippen molar-refractivity contribution in [2.45, 2.75) is 19.5 Å². The van der Waals surface area contributed by atoms with Crippen LogP contribution in [0.2, 0.25) is 0 Å². The highest BCUT2D eigenvalue weighted by Gasteiger charge is 2.33. The summed E-state index contributed by atoms with van der Waals surface area (Å²) < 4.78 is 37.4. The van der Waals surface area contributed by atoms with Crippen molar-refractivity contribution in [3.8, 4) is 0 Å². The van der Waals surface area contributed by atoms with Crippen LogP contribution >= 0.6 is 0 Å². The Morgan fingerprint density at radius 1 is 1.35 bits per heavy atom. The first-order valence-electron chi connectivity index (χ1n) is 5.34. The molecule has 0 saturated carbocycles. The van der Waals surface area contributed by atoms with Crippen LogP contribution in [0.15, 0.2) is 12.3 Å². The molecular formula is C10H15F3N4. The Kier molecular flexibility index (Phi) is 4.68. The molecule has 0 bridgehead atoms. The van der Waals surface area contributed by atoms with Gasteiger partial charge in [-0.15, -0.1) is 0 Å². The fourth-order valence-electron chi connectivity index (χ4n) is 1.40. The lowest BCUT2D eigenvalue weighted by atomic mass is 10.4. The van der Waals surface area contributed by atoms with Crippen molar-refractivity contribution in [2.24, 2.45) is 5.73 Å². The second kappa shape index (κ2) is 5.81. The molecule has 7 heteroatoms. The molecule has 0 amide bonds. The van der Waals surface area contributed by atoms with Crippen LogP contribution in [0.1, 0.15) is 19.0 Å². The van der Waals surface area contributed by atoms with Crippen LogP contribution in [-0.2, 0) is 6.18 Å². The van der Waals surface area contributed by atoms with E-state index >= 15 is 0 Å². The van der Waals surface area contributed by atoms with Gasteiger partial charge in [-0.05, 0) is 12.5 Å². The fourth-order valence-corrected chi connectivity index (χ4v) is 1.40. The van der Waals surface area contributed by atoms with Gasteiger partial charge >= 0.3 is 6.18 Å². The van der Waals surface area contributed by atoms with Gasteiger partial charge in [0.1, 0.15) is 5.69 Å². The number of hydrogen-bond donors (Lipinski definition) is 1. The zero-order chi connectivity index (χ0) is 12.9. The van der Waals surface area contributed by atoms with Crippen molar-refractivity contribution in [3.63, 3.8) is 0 Å². The van der Waals surface area contributed by atoms with Crippen LogP contribution in [0.4, 0.5) is 19.1 Å². The molecule has 1 heterocycles. The Labute approximate surface area is 97.7 Å². The molecule has 0 fully saturated rings. The normalized spacial score (nSPS) is 11.6. The summed E-state index contributed by atoms with van der Waals surface area (Å²) in [5.41, 5.74) is 4.47. The zero-order valence-electron chi connectivity index (χ0n) is 9.54. The first kappa shape index (κ1) is 13.7. The van der Waals surface area contributed by atoms with Gasteiger partial charge in [-0.3, -0.25) is 0 Å². The summed E-state index contributed by atoms with van der Waals surface area (Å²) in [6, 6.07) is 0.857. The number of alkyl halides is 3. The molecule has 1 aromatic rings. The number of anilines is 1. The van der Waals surface area contributed by atoms with Gasteiger partial charge in [-0.2, -0.15) is 13.2 Å². The Bertz CT molecular complexity index is 348. The Morgan fingerprint density at radius 2 is 2.06 bits per heavy atom. The summed E-state index contributed by atoms with van der Waals surface area (Å²) in [4.78, 5) is 9.01. The van der Waals surface area contributed by atoms with E-state index in [2.05, 4.69) is 9.97 Å². The largest absolute Gasteiger partial charge is 0.433 e. The number of hydrogen-bond acceptors (Lipinski definition) is 4. The van der Waals surface area contributed by atoms with Crippen LogP contribution < -0.4 is 10.6 Å². The fraction of sp³-hybridized carbons (Fsp3) is 0.600. The molecule has 0 aromatic carbocycles. The molecule has 17 heavy (non-hydrogen) atoms. The minimum atomic E-state index is -4.45. The van der Waals surface area contributed by atoms with Crippen molar-refractivity contribution < 1.29 is 13.2 Å². The summed E-state index contributed by atoms with van der Waals surface area (Å²) in [6.45, 7) is 3.30. The molecule has 0 aliphatic carbocycles. The Morgan fingerprint density at radius 3 is 2.59 bits per heavy atom. The molecule has 1 aromatic heterocycles. The highest BCUT2D eigenvalue weighted by molar-refractivity contribution is 5.30. The number of halogens is 3. The van der Waals surface area contributed by atoms with Crippen LogP contribution in [0.3, 0.4) is 0 Å². The monoisotopic (exact) mass is 248 g/mol. The third-order valence-corrected chi connectivity index (χ3v) is 2.11. The second-order valence-electron chi connectivity index (χ2n) is 3.52. The summed E-state index contributed by atoms with van der Waals surface area (Å²) in [7, 11) is 0. The van der Waals surface area contributed by atoms with Crippen LogP contribution in [-0.4, -0.2) is 29.6 Å².